The zero-order valence-corrected chi connectivity index (χ0v) is 9.61. The van der Waals surface area contributed by atoms with Crippen LogP contribution in [0.4, 0.5) is 0 Å². The first-order valence-corrected chi connectivity index (χ1v) is 5.89. The molecular formula is C12H17N3O2. The molecule has 1 fully saturated rings. The van der Waals surface area contributed by atoms with Crippen LogP contribution in [0.1, 0.15) is 29.6 Å². The molecule has 1 aromatic rings. The molecule has 1 aromatic heterocycles. The Labute approximate surface area is 99.4 Å². The summed E-state index contributed by atoms with van der Waals surface area (Å²) < 4.78 is 0. The van der Waals surface area contributed by atoms with E-state index >= 15 is 0 Å². The number of hydrogen-bond donors (Lipinski definition) is 3. The van der Waals surface area contributed by atoms with Gasteiger partial charge in [0.15, 0.2) is 0 Å². The van der Waals surface area contributed by atoms with Gasteiger partial charge in [-0.3, -0.25) is 9.59 Å². The number of aromatic nitrogens is 1. The van der Waals surface area contributed by atoms with E-state index < -0.39 is 0 Å². The van der Waals surface area contributed by atoms with Crippen molar-refractivity contribution in [2.24, 2.45) is 11.7 Å². The molecule has 4 N–H and O–H groups in total. The summed E-state index contributed by atoms with van der Waals surface area (Å²) in [4.78, 5) is 25.3. The summed E-state index contributed by atoms with van der Waals surface area (Å²) in [7, 11) is 0. The van der Waals surface area contributed by atoms with Gasteiger partial charge >= 0.3 is 0 Å². The van der Waals surface area contributed by atoms with Crippen molar-refractivity contribution >= 4 is 5.91 Å². The third kappa shape index (κ3) is 2.94. The first-order chi connectivity index (χ1) is 8.16. The van der Waals surface area contributed by atoms with E-state index in [1.807, 2.05) is 0 Å². The SMILES string of the molecule is NC1CCCC1CNC(=O)c1cc[nH]c(=O)c1. The Kier molecular flexibility index (Phi) is 3.58. The van der Waals surface area contributed by atoms with Gasteiger partial charge in [-0.2, -0.15) is 0 Å². The van der Waals surface area contributed by atoms with Gasteiger partial charge in [-0.15, -0.1) is 0 Å². The Bertz CT molecular complexity index is 455. The molecular weight excluding hydrogens is 218 g/mol. The zero-order valence-electron chi connectivity index (χ0n) is 9.61. The fourth-order valence-corrected chi connectivity index (χ4v) is 2.23. The fraction of sp³-hybridized carbons (Fsp3) is 0.500. The minimum Gasteiger partial charge on any atom is -0.352 e. The van der Waals surface area contributed by atoms with E-state index in [0.29, 0.717) is 18.0 Å². The molecule has 0 radical (unpaired) electrons. The van der Waals surface area contributed by atoms with Crippen LogP contribution in [0.25, 0.3) is 0 Å². The number of pyridine rings is 1. The maximum absolute atomic E-state index is 11.8. The minimum absolute atomic E-state index is 0.189. The molecule has 17 heavy (non-hydrogen) atoms. The van der Waals surface area contributed by atoms with Gasteiger partial charge in [-0.05, 0) is 24.8 Å². The Hall–Kier alpha value is -1.62. The van der Waals surface area contributed by atoms with E-state index in [1.165, 1.54) is 12.3 Å². The second-order valence-electron chi connectivity index (χ2n) is 4.51. The summed E-state index contributed by atoms with van der Waals surface area (Å²) in [6.45, 7) is 0.590. The topological polar surface area (TPSA) is 88.0 Å². The summed E-state index contributed by atoms with van der Waals surface area (Å²) in [5, 5.41) is 2.83. The van der Waals surface area contributed by atoms with E-state index in [0.717, 1.165) is 19.3 Å². The summed E-state index contributed by atoms with van der Waals surface area (Å²) in [5.74, 6) is 0.149. The van der Waals surface area contributed by atoms with Crippen molar-refractivity contribution in [3.8, 4) is 0 Å². The summed E-state index contributed by atoms with van der Waals surface area (Å²) in [5.41, 5.74) is 6.04. The van der Waals surface area contributed by atoms with Crippen molar-refractivity contribution in [1.29, 1.82) is 0 Å². The van der Waals surface area contributed by atoms with Crippen molar-refractivity contribution in [2.75, 3.05) is 6.54 Å². The average Bonchev–Trinajstić information content (AvgIpc) is 2.72. The standard InChI is InChI=1S/C12H17N3O2/c13-10-3-1-2-9(10)7-15-12(17)8-4-5-14-11(16)6-8/h4-6,9-10H,1-3,7,13H2,(H,14,16)(H,15,17). The largest absolute Gasteiger partial charge is 0.352 e. The molecule has 2 rings (SSSR count). The molecule has 0 saturated heterocycles. The fourth-order valence-electron chi connectivity index (χ4n) is 2.23. The van der Waals surface area contributed by atoms with Gasteiger partial charge < -0.3 is 16.0 Å². The number of carbonyl (C=O) groups is 1. The van der Waals surface area contributed by atoms with Gasteiger partial charge in [0.05, 0.1) is 0 Å². The average molecular weight is 235 g/mol. The Morgan fingerprint density at radius 2 is 2.35 bits per heavy atom. The molecule has 1 aliphatic rings. The predicted octanol–water partition coefficient (Wildman–Crippen LogP) is 0.232. The molecule has 0 aliphatic heterocycles. The molecule has 0 bridgehead atoms. The molecule has 5 heteroatoms. The third-order valence-corrected chi connectivity index (χ3v) is 3.28. The lowest BCUT2D eigenvalue weighted by molar-refractivity contribution is 0.0946. The Morgan fingerprint density at radius 1 is 1.53 bits per heavy atom. The highest BCUT2D eigenvalue weighted by atomic mass is 16.2. The number of nitrogens with two attached hydrogens (primary N) is 1. The lowest BCUT2D eigenvalue weighted by Crippen LogP contribution is -2.36. The van der Waals surface area contributed by atoms with Gasteiger partial charge in [0, 0.05) is 30.4 Å². The first kappa shape index (κ1) is 11.9. The number of H-pyrrole nitrogens is 1. The van der Waals surface area contributed by atoms with Crippen LogP contribution in [0.3, 0.4) is 0 Å². The van der Waals surface area contributed by atoms with Crippen molar-refractivity contribution < 1.29 is 4.79 Å². The monoisotopic (exact) mass is 235 g/mol. The van der Waals surface area contributed by atoms with E-state index in [4.69, 9.17) is 5.73 Å². The van der Waals surface area contributed by atoms with Gasteiger partial charge in [0.1, 0.15) is 0 Å². The summed E-state index contributed by atoms with van der Waals surface area (Å²) in [6, 6.07) is 3.07. The third-order valence-electron chi connectivity index (χ3n) is 3.28. The van der Waals surface area contributed by atoms with Crippen LogP contribution in [0, 0.1) is 5.92 Å². The van der Waals surface area contributed by atoms with Crippen LogP contribution in [-0.4, -0.2) is 23.5 Å². The maximum atomic E-state index is 11.8. The molecule has 1 saturated carbocycles. The van der Waals surface area contributed by atoms with Crippen LogP contribution in [0.15, 0.2) is 23.1 Å². The molecule has 1 heterocycles. The van der Waals surface area contributed by atoms with Gasteiger partial charge in [-0.25, -0.2) is 0 Å². The molecule has 5 nitrogen and oxygen atoms in total. The zero-order chi connectivity index (χ0) is 12.3. The van der Waals surface area contributed by atoms with Gasteiger partial charge in [0.25, 0.3) is 5.91 Å². The molecule has 1 aliphatic carbocycles. The normalized spacial score (nSPS) is 23.6. The van der Waals surface area contributed by atoms with Crippen molar-refractivity contribution in [3.05, 3.63) is 34.2 Å². The lowest BCUT2D eigenvalue weighted by Gasteiger charge is -2.15. The van der Waals surface area contributed by atoms with Crippen LogP contribution in [0.5, 0.6) is 0 Å². The van der Waals surface area contributed by atoms with Crippen LogP contribution in [0.2, 0.25) is 0 Å². The summed E-state index contributed by atoms with van der Waals surface area (Å²) >= 11 is 0. The Balaban J connectivity index is 1.91. The quantitative estimate of drug-likeness (QED) is 0.701. The van der Waals surface area contributed by atoms with Crippen molar-refractivity contribution in [2.45, 2.75) is 25.3 Å². The lowest BCUT2D eigenvalue weighted by atomic mass is 10.0. The predicted molar refractivity (Wildman–Crippen MR) is 64.7 cm³/mol. The molecule has 92 valence electrons. The second-order valence-corrected chi connectivity index (χ2v) is 4.51. The Morgan fingerprint density at radius 3 is 3.00 bits per heavy atom. The van der Waals surface area contributed by atoms with E-state index in [-0.39, 0.29) is 17.5 Å². The minimum atomic E-state index is -0.268. The number of nitrogens with one attached hydrogen (secondary N) is 2. The maximum Gasteiger partial charge on any atom is 0.251 e. The van der Waals surface area contributed by atoms with Crippen LogP contribution < -0.4 is 16.6 Å². The van der Waals surface area contributed by atoms with Crippen molar-refractivity contribution in [3.63, 3.8) is 0 Å². The number of amides is 1. The first-order valence-electron chi connectivity index (χ1n) is 5.89. The van der Waals surface area contributed by atoms with E-state index in [1.54, 1.807) is 6.07 Å². The van der Waals surface area contributed by atoms with Gasteiger partial charge in [-0.1, -0.05) is 6.42 Å². The highest BCUT2D eigenvalue weighted by Gasteiger charge is 2.24. The van der Waals surface area contributed by atoms with Crippen LogP contribution in [-0.2, 0) is 0 Å². The second kappa shape index (κ2) is 5.14. The molecule has 0 spiro atoms. The van der Waals surface area contributed by atoms with Gasteiger partial charge in [0.2, 0.25) is 5.56 Å². The number of rotatable bonds is 3. The smallest absolute Gasteiger partial charge is 0.251 e. The number of carbonyl (C=O) groups excluding carboxylic acids is 1. The highest BCUT2D eigenvalue weighted by Crippen LogP contribution is 2.22. The van der Waals surface area contributed by atoms with Crippen molar-refractivity contribution in [1.82, 2.24) is 10.3 Å². The number of aromatic amines is 1. The highest BCUT2D eigenvalue weighted by molar-refractivity contribution is 5.93. The molecule has 2 unspecified atom stereocenters. The molecule has 0 aromatic carbocycles. The van der Waals surface area contributed by atoms with E-state index in [9.17, 15) is 9.59 Å². The summed E-state index contributed by atoms with van der Waals surface area (Å²) in [6.07, 6.45) is 4.70. The van der Waals surface area contributed by atoms with Crippen LogP contribution >= 0.6 is 0 Å². The number of hydrogen-bond acceptors (Lipinski definition) is 3. The molecule has 1 amide bonds. The van der Waals surface area contributed by atoms with E-state index in [2.05, 4.69) is 10.3 Å². The molecule has 2 atom stereocenters.